The van der Waals surface area contributed by atoms with Crippen LogP contribution in [0.3, 0.4) is 0 Å². The summed E-state index contributed by atoms with van der Waals surface area (Å²) in [4.78, 5) is 37.1. The zero-order chi connectivity index (χ0) is 31.3. The fourth-order valence-electron chi connectivity index (χ4n) is 5.18. The number of aromatic nitrogens is 3. The third-order valence-corrected chi connectivity index (χ3v) is 9.11. The Labute approximate surface area is 256 Å². The van der Waals surface area contributed by atoms with Crippen molar-refractivity contribution in [3.8, 4) is 38.8 Å². The molecule has 44 heavy (non-hydrogen) atoms. The van der Waals surface area contributed by atoms with E-state index in [1.165, 1.54) is 34.8 Å². The Hall–Kier alpha value is -4.36. The van der Waals surface area contributed by atoms with E-state index in [0.717, 1.165) is 35.0 Å². The molecular formula is C31H24F4N4O3S2. The molecular weight excluding hydrogens is 616 g/mol. The van der Waals surface area contributed by atoms with Crippen molar-refractivity contribution in [2.75, 3.05) is 6.54 Å². The van der Waals surface area contributed by atoms with Gasteiger partial charge in [-0.2, -0.15) is 8.78 Å². The van der Waals surface area contributed by atoms with Crippen LogP contribution in [-0.2, 0) is 17.8 Å². The average molecular weight is 641 g/mol. The lowest BCUT2D eigenvalue weighted by Gasteiger charge is -2.24. The summed E-state index contributed by atoms with van der Waals surface area (Å²) in [5.74, 6) is -1.91. The lowest BCUT2D eigenvalue weighted by Crippen LogP contribution is -2.34. The zero-order valence-electron chi connectivity index (χ0n) is 23.4. The summed E-state index contributed by atoms with van der Waals surface area (Å²) in [7, 11) is 0. The number of ether oxygens (including phenoxy) is 1. The summed E-state index contributed by atoms with van der Waals surface area (Å²) in [5, 5.41) is 2.71. The molecule has 226 valence electrons. The van der Waals surface area contributed by atoms with Crippen molar-refractivity contribution < 1.29 is 27.1 Å². The quantitative estimate of drug-likeness (QED) is 0.137. The monoisotopic (exact) mass is 640 g/mol. The first-order valence-electron chi connectivity index (χ1n) is 13.5. The minimum absolute atomic E-state index is 0.00801. The number of hydrogen-bond donors (Lipinski definition) is 0. The van der Waals surface area contributed by atoms with Crippen LogP contribution in [-0.4, -0.2) is 38.0 Å². The van der Waals surface area contributed by atoms with E-state index in [0.29, 0.717) is 50.4 Å². The van der Waals surface area contributed by atoms with Crippen molar-refractivity contribution >= 4 is 38.7 Å². The number of alkyl halides is 2. The van der Waals surface area contributed by atoms with Crippen LogP contribution in [0.25, 0.3) is 43.2 Å². The fourth-order valence-corrected chi connectivity index (χ4v) is 7.25. The van der Waals surface area contributed by atoms with Gasteiger partial charge < -0.3 is 9.64 Å². The van der Waals surface area contributed by atoms with Gasteiger partial charge in [-0.25, -0.2) is 18.7 Å². The van der Waals surface area contributed by atoms with Crippen LogP contribution in [0.15, 0.2) is 59.4 Å². The topological polar surface area (TPSA) is 77.3 Å². The molecule has 13 heteroatoms. The fraction of sp³-hybridized carbons (Fsp3) is 0.226. The van der Waals surface area contributed by atoms with Gasteiger partial charge >= 0.3 is 6.55 Å². The Kier molecular flexibility index (Phi) is 7.84. The van der Waals surface area contributed by atoms with Gasteiger partial charge in [-0.3, -0.25) is 14.2 Å². The third kappa shape index (κ3) is 5.30. The zero-order valence-corrected chi connectivity index (χ0v) is 25.1. The van der Waals surface area contributed by atoms with Crippen LogP contribution in [0, 0.1) is 11.6 Å². The lowest BCUT2D eigenvalue weighted by molar-refractivity contribution is -0.126. The van der Waals surface area contributed by atoms with E-state index in [-0.39, 0.29) is 28.5 Å². The van der Waals surface area contributed by atoms with Crippen LogP contribution >= 0.6 is 22.7 Å². The number of rotatable bonds is 7. The van der Waals surface area contributed by atoms with Gasteiger partial charge in [0.2, 0.25) is 5.91 Å². The summed E-state index contributed by atoms with van der Waals surface area (Å²) in [6.07, 6.45) is 2.32. The summed E-state index contributed by atoms with van der Waals surface area (Å²) in [5.41, 5.74) is 0.991. The number of benzene rings is 1. The molecule has 0 spiro atoms. The van der Waals surface area contributed by atoms with Crippen molar-refractivity contribution in [1.82, 2.24) is 19.4 Å². The first-order chi connectivity index (χ1) is 21.0. The molecule has 0 fully saturated rings. The molecule has 1 aliphatic rings. The number of hydrogen-bond acceptors (Lipinski definition) is 7. The SMILES string of the molecule is C=CC(=O)N1CCc2nc(-c3nc(-c4ccn(C(F)F)c(=O)c4)c4ccsc4c3-c3c(F)cc(F)cc3OC(C)C)sc2C1. The molecule has 1 aliphatic heterocycles. The van der Waals surface area contributed by atoms with Gasteiger partial charge in [0.25, 0.3) is 5.56 Å². The van der Waals surface area contributed by atoms with E-state index >= 15 is 4.39 Å². The predicted molar refractivity (Wildman–Crippen MR) is 162 cm³/mol. The smallest absolute Gasteiger partial charge is 0.321 e. The molecule has 6 rings (SSSR count). The Morgan fingerprint density at radius 2 is 1.91 bits per heavy atom. The van der Waals surface area contributed by atoms with Crippen LogP contribution in [0.5, 0.6) is 5.75 Å². The molecule has 0 saturated carbocycles. The van der Waals surface area contributed by atoms with Crippen molar-refractivity contribution in [2.45, 2.75) is 39.5 Å². The van der Waals surface area contributed by atoms with Crippen molar-refractivity contribution in [3.63, 3.8) is 0 Å². The predicted octanol–water partition coefficient (Wildman–Crippen LogP) is 7.45. The Morgan fingerprint density at radius 1 is 1.11 bits per heavy atom. The van der Waals surface area contributed by atoms with Gasteiger partial charge in [-0.1, -0.05) is 6.58 Å². The number of carbonyl (C=O) groups excluding carboxylic acids is 1. The molecule has 0 aliphatic carbocycles. The minimum Gasteiger partial charge on any atom is -0.490 e. The van der Waals surface area contributed by atoms with E-state index in [1.807, 2.05) is 0 Å². The summed E-state index contributed by atoms with van der Waals surface area (Å²) < 4.78 is 63.8. The maximum Gasteiger partial charge on any atom is 0.321 e. The number of nitrogens with zero attached hydrogens (tertiary/aromatic N) is 4. The molecule has 0 saturated heterocycles. The molecule has 5 aromatic rings. The van der Waals surface area contributed by atoms with Crippen molar-refractivity contribution in [2.24, 2.45) is 0 Å². The van der Waals surface area contributed by atoms with E-state index in [2.05, 4.69) is 6.58 Å². The summed E-state index contributed by atoms with van der Waals surface area (Å²) >= 11 is 2.56. The summed E-state index contributed by atoms with van der Waals surface area (Å²) in [6.45, 7) is 4.77. The number of fused-ring (bicyclic) bond motifs is 2. The molecule has 0 bridgehead atoms. The van der Waals surface area contributed by atoms with Crippen LogP contribution in [0.2, 0.25) is 0 Å². The highest BCUT2D eigenvalue weighted by Crippen LogP contribution is 2.48. The Balaban J connectivity index is 1.65. The largest absolute Gasteiger partial charge is 0.490 e. The van der Waals surface area contributed by atoms with Gasteiger partial charge in [0.15, 0.2) is 0 Å². The molecule has 1 amide bonds. The summed E-state index contributed by atoms with van der Waals surface area (Å²) in [6, 6.07) is 6.07. The highest BCUT2D eigenvalue weighted by molar-refractivity contribution is 7.18. The van der Waals surface area contributed by atoms with Gasteiger partial charge in [0.05, 0.1) is 29.6 Å². The number of thiophene rings is 1. The third-order valence-electron chi connectivity index (χ3n) is 7.09. The second-order valence-electron chi connectivity index (χ2n) is 10.3. The van der Waals surface area contributed by atoms with Crippen LogP contribution < -0.4 is 10.3 Å². The van der Waals surface area contributed by atoms with Crippen LogP contribution in [0.4, 0.5) is 17.6 Å². The standard InChI is InChI=1S/C31H24F4N4O3S2/c1-4-23(40)38-8-6-20-22(14-38)44-30(36-20)28-26(25-19(33)12-17(32)13-21(25)42-15(2)3)29-18(7-10-43-29)27(37-28)16-5-9-39(31(34)35)24(41)11-16/h4-5,7,9-13,15,31H,1,6,8,14H2,2-3H3. The van der Waals surface area contributed by atoms with Gasteiger partial charge in [-0.05, 0) is 37.4 Å². The normalized spacial score (nSPS) is 13.1. The number of carbonyl (C=O) groups is 1. The van der Waals surface area contributed by atoms with Crippen molar-refractivity contribution in [3.05, 3.63) is 87.1 Å². The maximum absolute atomic E-state index is 15.9. The maximum atomic E-state index is 15.9. The second-order valence-corrected chi connectivity index (χ2v) is 12.3. The highest BCUT2D eigenvalue weighted by Gasteiger charge is 2.29. The molecule has 7 nitrogen and oxygen atoms in total. The van der Waals surface area contributed by atoms with Gasteiger partial charge in [-0.15, -0.1) is 22.7 Å². The first kappa shape index (κ1) is 29.7. The Bertz CT molecular complexity index is 2000. The molecule has 0 N–H and O–H groups in total. The average Bonchev–Trinajstić information content (AvgIpc) is 3.63. The first-order valence-corrected chi connectivity index (χ1v) is 15.2. The van der Waals surface area contributed by atoms with Crippen LogP contribution in [0.1, 0.15) is 31.0 Å². The molecule has 4 aromatic heterocycles. The molecule has 0 radical (unpaired) electrons. The van der Waals surface area contributed by atoms with E-state index in [9.17, 15) is 22.8 Å². The molecule has 0 atom stereocenters. The number of amides is 1. The Morgan fingerprint density at radius 3 is 2.61 bits per heavy atom. The molecule has 5 heterocycles. The van der Waals surface area contributed by atoms with Crippen molar-refractivity contribution in [1.29, 1.82) is 0 Å². The molecule has 0 unspecified atom stereocenters. The number of pyridine rings is 2. The molecule has 1 aromatic carbocycles. The van der Waals surface area contributed by atoms with Gasteiger partial charge in [0.1, 0.15) is 28.1 Å². The second kappa shape index (κ2) is 11.6. The lowest BCUT2D eigenvalue weighted by atomic mass is 9.98. The van der Waals surface area contributed by atoms with Gasteiger partial charge in [0, 0.05) is 63.5 Å². The van der Waals surface area contributed by atoms with E-state index < -0.39 is 29.8 Å². The minimum atomic E-state index is -3.02. The van der Waals surface area contributed by atoms with E-state index in [1.54, 1.807) is 30.2 Å². The number of halogens is 4. The number of thiazole rings is 1. The van der Waals surface area contributed by atoms with E-state index in [4.69, 9.17) is 14.7 Å². The highest BCUT2D eigenvalue weighted by atomic mass is 32.1.